The Balaban J connectivity index is 0.000000791. The largest absolute Gasteiger partial charge is 0.508 e. The average molecular weight is 196 g/mol. The molecule has 78 valence electrons. The fraction of sp³-hybridized carbons (Fsp3) is 0.364. The van der Waals surface area contributed by atoms with Gasteiger partial charge in [-0.05, 0) is 18.1 Å². The Morgan fingerprint density at radius 3 is 2.36 bits per heavy atom. The van der Waals surface area contributed by atoms with Gasteiger partial charge in [0.15, 0.2) is 0 Å². The van der Waals surface area contributed by atoms with Crippen LogP contribution in [0.5, 0.6) is 5.75 Å². The second-order valence-corrected chi connectivity index (χ2v) is 2.52. The summed E-state index contributed by atoms with van der Waals surface area (Å²) in [5.41, 5.74) is 0.680. The van der Waals surface area contributed by atoms with E-state index >= 15 is 0 Å². The van der Waals surface area contributed by atoms with E-state index in [-0.39, 0.29) is 12.2 Å². The van der Waals surface area contributed by atoms with Crippen LogP contribution in [-0.4, -0.2) is 16.2 Å². The SMILES string of the molecule is CC.O=C(O)CCc1ccccc1O. The lowest BCUT2D eigenvalue weighted by molar-refractivity contribution is -0.136. The molecule has 0 aliphatic rings. The lowest BCUT2D eigenvalue weighted by atomic mass is 10.1. The molecule has 0 aliphatic carbocycles. The monoisotopic (exact) mass is 196 g/mol. The van der Waals surface area contributed by atoms with Gasteiger partial charge >= 0.3 is 5.97 Å². The molecule has 0 unspecified atom stereocenters. The van der Waals surface area contributed by atoms with Crippen molar-refractivity contribution in [1.29, 1.82) is 0 Å². The van der Waals surface area contributed by atoms with Crippen molar-refractivity contribution < 1.29 is 15.0 Å². The first-order valence-electron chi connectivity index (χ1n) is 4.69. The maximum Gasteiger partial charge on any atom is 0.303 e. The van der Waals surface area contributed by atoms with Crippen molar-refractivity contribution in [3.63, 3.8) is 0 Å². The highest BCUT2D eigenvalue weighted by molar-refractivity contribution is 5.67. The van der Waals surface area contributed by atoms with Crippen molar-refractivity contribution in [2.24, 2.45) is 0 Å². The molecule has 0 bridgehead atoms. The number of aryl methyl sites for hydroxylation is 1. The molecule has 0 spiro atoms. The van der Waals surface area contributed by atoms with Gasteiger partial charge in [-0.3, -0.25) is 4.79 Å². The second kappa shape index (κ2) is 6.95. The van der Waals surface area contributed by atoms with E-state index in [0.29, 0.717) is 12.0 Å². The molecule has 1 aromatic carbocycles. The third-order valence-electron chi connectivity index (χ3n) is 1.60. The Bertz CT molecular complexity index is 282. The first-order chi connectivity index (χ1) is 6.70. The van der Waals surface area contributed by atoms with E-state index < -0.39 is 5.97 Å². The molecule has 0 fully saturated rings. The van der Waals surface area contributed by atoms with Crippen LogP contribution >= 0.6 is 0 Å². The molecule has 0 radical (unpaired) electrons. The number of aromatic hydroxyl groups is 1. The van der Waals surface area contributed by atoms with Gasteiger partial charge < -0.3 is 10.2 Å². The number of aliphatic carboxylic acids is 1. The summed E-state index contributed by atoms with van der Waals surface area (Å²) >= 11 is 0. The Labute approximate surface area is 84.0 Å². The van der Waals surface area contributed by atoms with E-state index in [4.69, 9.17) is 5.11 Å². The molecule has 1 aromatic rings. The molecule has 0 heterocycles. The predicted molar refractivity (Wildman–Crippen MR) is 55.4 cm³/mol. The maximum atomic E-state index is 10.2. The number of phenols is 1. The summed E-state index contributed by atoms with van der Waals surface area (Å²) in [6.45, 7) is 4.00. The summed E-state index contributed by atoms with van der Waals surface area (Å²) in [4.78, 5) is 10.2. The van der Waals surface area contributed by atoms with E-state index in [1.807, 2.05) is 13.8 Å². The van der Waals surface area contributed by atoms with Gasteiger partial charge in [0, 0.05) is 6.42 Å². The molecular formula is C11H16O3. The molecule has 0 aliphatic heterocycles. The van der Waals surface area contributed by atoms with Crippen LogP contribution < -0.4 is 0 Å². The minimum atomic E-state index is -0.849. The van der Waals surface area contributed by atoms with Gasteiger partial charge in [0.1, 0.15) is 5.75 Å². The van der Waals surface area contributed by atoms with Gasteiger partial charge in [-0.2, -0.15) is 0 Å². The molecule has 3 nitrogen and oxygen atoms in total. The summed E-state index contributed by atoms with van der Waals surface area (Å²) in [5.74, 6) is -0.683. The number of carbonyl (C=O) groups is 1. The highest BCUT2D eigenvalue weighted by atomic mass is 16.4. The van der Waals surface area contributed by atoms with Crippen LogP contribution in [0.2, 0.25) is 0 Å². The van der Waals surface area contributed by atoms with Crippen LogP contribution in [0.4, 0.5) is 0 Å². The average Bonchev–Trinajstić information content (AvgIpc) is 2.19. The number of carboxylic acids is 1. The third kappa shape index (κ3) is 4.50. The van der Waals surface area contributed by atoms with Crippen molar-refractivity contribution in [2.45, 2.75) is 26.7 Å². The van der Waals surface area contributed by atoms with Gasteiger partial charge in [0.25, 0.3) is 0 Å². The van der Waals surface area contributed by atoms with Crippen LogP contribution in [0, 0.1) is 0 Å². The molecule has 1 rings (SSSR count). The minimum absolute atomic E-state index is 0.0531. The quantitative estimate of drug-likeness (QED) is 0.780. The predicted octanol–water partition coefficient (Wildman–Crippen LogP) is 2.44. The van der Waals surface area contributed by atoms with Gasteiger partial charge in [0.2, 0.25) is 0 Å². The molecule has 14 heavy (non-hydrogen) atoms. The van der Waals surface area contributed by atoms with Crippen LogP contribution in [0.3, 0.4) is 0 Å². The van der Waals surface area contributed by atoms with Crippen molar-refractivity contribution >= 4 is 5.97 Å². The highest BCUT2D eigenvalue weighted by Crippen LogP contribution is 2.16. The molecule has 0 aromatic heterocycles. The third-order valence-corrected chi connectivity index (χ3v) is 1.60. The van der Waals surface area contributed by atoms with Gasteiger partial charge in [0.05, 0.1) is 0 Å². The number of phenolic OH excluding ortho intramolecular Hbond substituents is 1. The number of para-hydroxylation sites is 1. The smallest absolute Gasteiger partial charge is 0.303 e. The molecule has 0 saturated carbocycles. The van der Waals surface area contributed by atoms with E-state index in [9.17, 15) is 9.90 Å². The lowest BCUT2D eigenvalue weighted by Gasteiger charge is -2.00. The summed E-state index contributed by atoms with van der Waals surface area (Å²) in [5, 5.41) is 17.6. The molecule has 0 amide bonds. The van der Waals surface area contributed by atoms with Crippen molar-refractivity contribution in [3.8, 4) is 5.75 Å². The lowest BCUT2D eigenvalue weighted by Crippen LogP contribution is -1.97. The van der Waals surface area contributed by atoms with Gasteiger partial charge in [-0.1, -0.05) is 32.0 Å². The molecule has 3 heteroatoms. The van der Waals surface area contributed by atoms with Crippen LogP contribution in [0.25, 0.3) is 0 Å². The Hall–Kier alpha value is -1.51. The van der Waals surface area contributed by atoms with Crippen LogP contribution in [0.1, 0.15) is 25.8 Å². The van der Waals surface area contributed by atoms with E-state index in [2.05, 4.69) is 0 Å². The normalized spacial score (nSPS) is 8.71. The molecule has 0 atom stereocenters. The van der Waals surface area contributed by atoms with E-state index in [0.717, 1.165) is 0 Å². The van der Waals surface area contributed by atoms with Crippen LogP contribution in [0.15, 0.2) is 24.3 Å². The zero-order valence-corrected chi connectivity index (χ0v) is 8.53. The Kier molecular flexibility index (Phi) is 6.20. The van der Waals surface area contributed by atoms with Gasteiger partial charge in [-0.15, -0.1) is 0 Å². The fourth-order valence-electron chi connectivity index (χ4n) is 0.964. The van der Waals surface area contributed by atoms with E-state index in [1.165, 1.54) is 0 Å². The molecule has 0 saturated heterocycles. The zero-order valence-electron chi connectivity index (χ0n) is 8.53. The van der Waals surface area contributed by atoms with E-state index in [1.54, 1.807) is 24.3 Å². The van der Waals surface area contributed by atoms with Gasteiger partial charge in [-0.25, -0.2) is 0 Å². The minimum Gasteiger partial charge on any atom is -0.508 e. The maximum absolute atomic E-state index is 10.2. The zero-order chi connectivity index (χ0) is 11.0. The molecule has 2 N–H and O–H groups in total. The highest BCUT2D eigenvalue weighted by Gasteiger charge is 2.02. The standard InChI is InChI=1S/C9H10O3.C2H6/c10-8-4-2-1-3-7(8)5-6-9(11)12;1-2/h1-4,10H,5-6H2,(H,11,12);1-2H3. The van der Waals surface area contributed by atoms with Crippen molar-refractivity contribution in [2.75, 3.05) is 0 Å². The number of carboxylic acid groups (broad SMARTS) is 1. The summed E-state index contributed by atoms with van der Waals surface area (Å²) in [6.07, 6.45) is 0.430. The number of rotatable bonds is 3. The second-order valence-electron chi connectivity index (χ2n) is 2.52. The summed E-state index contributed by atoms with van der Waals surface area (Å²) < 4.78 is 0. The topological polar surface area (TPSA) is 57.5 Å². The first-order valence-corrected chi connectivity index (χ1v) is 4.69. The van der Waals surface area contributed by atoms with Crippen molar-refractivity contribution in [3.05, 3.63) is 29.8 Å². The Morgan fingerprint density at radius 2 is 1.86 bits per heavy atom. The number of hydrogen-bond donors (Lipinski definition) is 2. The fourth-order valence-corrected chi connectivity index (χ4v) is 0.964. The van der Waals surface area contributed by atoms with Crippen molar-refractivity contribution in [1.82, 2.24) is 0 Å². The summed E-state index contributed by atoms with van der Waals surface area (Å²) in [6, 6.07) is 6.76. The summed E-state index contributed by atoms with van der Waals surface area (Å²) in [7, 11) is 0. The van der Waals surface area contributed by atoms with Crippen LogP contribution in [-0.2, 0) is 11.2 Å². The Morgan fingerprint density at radius 1 is 1.29 bits per heavy atom. The number of benzene rings is 1. The first kappa shape index (κ1) is 12.5. The number of hydrogen-bond acceptors (Lipinski definition) is 2. The molecular weight excluding hydrogens is 180 g/mol.